The maximum atomic E-state index is 12.7. The molecule has 0 saturated carbocycles. The minimum absolute atomic E-state index is 0.250. The molecular formula is C22H21N3O4. The first-order valence-electron chi connectivity index (χ1n) is 9.06. The average Bonchev–Trinajstić information content (AvgIpc) is 2.72. The Morgan fingerprint density at radius 3 is 2.28 bits per heavy atom. The van der Waals surface area contributed by atoms with Gasteiger partial charge >= 0.3 is 0 Å². The summed E-state index contributed by atoms with van der Waals surface area (Å²) in [5, 5.41) is 16.2. The number of carbonyl (C=O) groups excluding carboxylic acids is 3. The predicted octanol–water partition coefficient (Wildman–Crippen LogP) is 2.64. The molecule has 3 rings (SSSR count). The van der Waals surface area contributed by atoms with E-state index in [1.807, 2.05) is 42.5 Å². The van der Waals surface area contributed by atoms with Gasteiger partial charge in [-0.25, -0.2) is 5.48 Å². The monoisotopic (exact) mass is 391 g/mol. The summed E-state index contributed by atoms with van der Waals surface area (Å²) in [4.78, 5) is 35.7. The van der Waals surface area contributed by atoms with Gasteiger partial charge < -0.3 is 10.6 Å². The number of hydrogen-bond donors (Lipinski definition) is 4. The van der Waals surface area contributed by atoms with Gasteiger partial charge in [-0.15, -0.1) is 0 Å². The van der Waals surface area contributed by atoms with Crippen molar-refractivity contribution in [3.05, 3.63) is 77.9 Å². The van der Waals surface area contributed by atoms with E-state index in [1.54, 1.807) is 17.6 Å². The van der Waals surface area contributed by atoms with Crippen LogP contribution in [0.25, 0.3) is 10.8 Å². The summed E-state index contributed by atoms with van der Waals surface area (Å²) in [5.41, 5.74) is 3.19. The van der Waals surface area contributed by atoms with Gasteiger partial charge in [0.05, 0.1) is 0 Å². The Kier molecular flexibility index (Phi) is 6.21. The number of rotatable bonds is 6. The maximum absolute atomic E-state index is 12.7. The molecular weight excluding hydrogens is 370 g/mol. The van der Waals surface area contributed by atoms with Crippen LogP contribution in [0.15, 0.2) is 66.7 Å². The Bertz CT molecular complexity index is 1050. The molecule has 0 aliphatic rings. The standard InChI is InChI=1S/C22H21N3O4/c1-14(26)23-20(13-15-6-7-16-4-2-3-5-18(16)12-15)22(28)24-19-10-8-17(9-11-19)21(27)25-29/h2-12,20,29H,13H2,1H3,(H,23,26)(H,24,28)(H,25,27). The van der Waals surface area contributed by atoms with Gasteiger partial charge in [0.2, 0.25) is 11.8 Å². The number of amides is 3. The number of carbonyl (C=O) groups is 3. The molecule has 0 aliphatic heterocycles. The molecule has 0 saturated heterocycles. The molecule has 7 heteroatoms. The Morgan fingerprint density at radius 2 is 1.62 bits per heavy atom. The zero-order valence-electron chi connectivity index (χ0n) is 15.8. The highest BCUT2D eigenvalue weighted by Crippen LogP contribution is 2.17. The molecule has 0 aromatic heterocycles. The third kappa shape index (κ3) is 5.18. The van der Waals surface area contributed by atoms with E-state index in [0.717, 1.165) is 16.3 Å². The highest BCUT2D eigenvalue weighted by atomic mass is 16.5. The molecule has 1 atom stereocenters. The van der Waals surface area contributed by atoms with Crippen LogP contribution in [0, 0.1) is 0 Å². The summed E-state index contributed by atoms with van der Waals surface area (Å²) < 4.78 is 0. The summed E-state index contributed by atoms with van der Waals surface area (Å²) in [6, 6.07) is 19.1. The largest absolute Gasteiger partial charge is 0.344 e. The van der Waals surface area contributed by atoms with Crippen molar-refractivity contribution >= 4 is 34.2 Å². The van der Waals surface area contributed by atoms with E-state index >= 15 is 0 Å². The van der Waals surface area contributed by atoms with Crippen LogP contribution in [0.1, 0.15) is 22.8 Å². The quantitative estimate of drug-likeness (QED) is 0.383. The highest BCUT2D eigenvalue weighted by Gasteiger charge is 2.20. The molecule has 1 unspecified atom stereocenters. The van der Waals surface area contributed by atoms with Gasteiger partial charge in [0.15, 0.2) is 0 Å². The van der Waals surface area contributed by atoms with Gasteiger partial charge in [0.1, 0.15) is 6.04 Å². The van der Waals surface area contributed by atoms with Crippen LogP contribution in [0.3, 0.4) is 0 Å². The summed E-state index contributed by atoms with van der Waals surface area (Å²) in [7, 11) is 0. The average molecular weight is 391 g/mol. The van der Waals surface area contributed by atoms with Crippen molar-refractivity contribution < 1.29 is 19.6 Å². The van der Waals surface area contributed by atoms with Crippen LogP contribution in [0.2, 0.25) is 0 Å². The van der Waals surface area contributed by atoms with Crippen molar-refractivity contribution in [1.29, 1.82) is 0 Å². The van der Waals surface area contributed by atoms with Crippen molar-refractivity contribution in [1.82, 2.24) is 10.8 Å². The van der Waals surface area contributed by atoms with E-state index in [1.165, 1.54) is 19.1 Å². The number of hydroxylamine groups is 1. The minimum atomic E-state index is -0.755. The van der Waals surface area contributed by atoms with Crippen LogP contribution in [0.4, 0.5) is 5.69 Å². The molecule has 29 heavy (non-hydrogen) atoms. The minimum Gasteiger partial charge on any atom is -0.344 e. The van der Waals surface area contributed by atoms with Gasteiger partial charge in [-0.1, -0.05) is 42.5 Å². The zero-order chi connectivity index (χ0) is 20.8. The van der Waals surface area contributed by atoms with Gasteiger partial charge in [-0.05, 0) is 40.6 Å². The lowest BCUT2D eigenvalue weighted by atomic mass is 10.0. The second-order valence-corrected chi connectivity index (χ2v) is 6.65. The molecule has 3 amide bonds. The second-order valence-electron chi connectivity index (χ2n) is 6.65. The van der Waals surface area contributed by atoms with E-state index in [4.69, 9.17) is 5.21 Å². The normalized spacial score (nSPS) is 11.5. The molecule has 4 N–H and O–H groups in total. The second kappa shape index (κ2) is 8.99. The fraction of sp³-hybridized carbons (Fsp3) is 0.136. The van der Waals surface area contributed by atoms with Gasteiger partial charge in [0.25, 0.3) is 5.91 Å². The van der Waals surface area contributed by atoms with Crippen LogP contribution < -0.4 is 16.1 Å². The third-order valence-electron chi connectivity index (χ3n) is 4.46. The molecule has 7 nitrogen and oxygen atoms in total. The lowest BCUT2D eigenvalue weighted by Crippen LogP contribution is -2.44. The van der Waals surface area contributed by atoms with Crippen LogP contribution in [-0.4, -0.2) is 29.0 Å². The number of benzene rings is 3. The van der Waals surface area contributed by atoms with E-state index in [0.29, 0.717) is 12.1 Å². The summed E-state index contributed by atoms with van der Waals surface area (Å²) >= 11 is 0. The molecule has 0 fully saturated rings. The topological polar surface area (TPSA) is 108 Å². The zero-order valence-corrected chi connectivity index (χ0v) is 15.8. The first-order valence-corrected chi connectivity index (χ1v) is 9.06. The number of hydrogen-bond acceptors (Lipinski definition) is 4. The highest BCUT2D eigenvalue weighted by molar-refractivity contribution is 5.98. The van der Waals surface area contributed by atoms with Crippen molar-refractivity contribution in [2.75, 3.05) is 5.32 Å². The Morgan fingerprint density at radius 1 is 0.931 bits per heavy atom. The summed E-state index contributed by atoms with van der Waals surface area (Å²) in [6.07, 6.45) is 0.335. The summed E-state index contributed by atoms with van der Waals surface area (Å²) in [5.74, 6) is -1.32. The molecule has 0 aliphatic carbocycles. The smallest absolute Gasteiger partial charge is 0.274 e. The van der Waals surface area contributed by atoms with Crippen LogP contribution in [0.5, 0.6) is 0 Å². The van der Waals surface area contributed by atoms with E-state index in [-0.39, 0.29) is 17.4 Å². The van der Waals surface area contributed by atoms with Gasteiger partial charge in [0, 0.05) is 24.6 Å². The first-order chi connectivity index (χ1) is 14.0. The molecule has 3 aromatic rings. The van der Waals surface area contributed by atoms with Gasteiger partial charge in [-0.3, -0.25) is 19.6 Å². The summed E-state index contributed by atoms with van der Waals surface area (Å²) in [6.45, 7) is 1.36. The van der Waals surface area contributed by atoms with E-state index in [9.17, 15) is 14.4 Å². The molecule has 0 heterocycles. The first kappa shape index (κ1) is 20.0. The van der Waals surface area contributed by atoms with Gasteiger partial charge in [-0.2, -0.15) is 0 Å². The fourth-order valence-corrected chi connectivity index (χ4v) is 3.05. The van der Waals surface area contributed by atoms with Crippen molar-refractivity contribution in [2.45, 2.75) is 19.4 Å². The Hall–Kier alpha value is -3.71. The lowest BCUT2D eigenvalue weighted by molar-refractivity contribution is -0.125. The molecule has 3 aromatic carbocycles. The molecule has 148 valence electrons. The van der Waals surface area contributed by atoms with Crippen LogP contribution in [-0.2, 0) is 16.0 Å². The van der Waals surface area contributed by atoms with Crippen molar-refractivity contribution in [3.8, 4) is 0 Å². The Balaban J connectivity index is 1.75. The Labute approximate surface area is 167 Å². The fourth-order valence-electron chi connectivity index (χ4n) is 3.05. The maximum Gasteiger partial charge on any atom is 0.274 e. The SMILES string of the molecule is CC(=O)NC(Cc1ccc2ccccc2c1)C(=O)Nc1ccc(C(=O)NO)cc1. The third-order valence-corrected chi connectivity index (χ3v) is 4.46. The molecule has 0 bridgehead atoms. The predicted molar refractivity (Wildman–Crippen MR) is 110 cm³/mol. The van der Waals surface area contributed by atoms with E-state index in [2.05, 4.69) is 10.6 Å². The van der Waals surface area contributed by atoms with E-state index < -0.39 is 11.9 Å². The number of nitrogens with one attached hydrogen (secondary N) is 3. The molecule has 0 radical (unpaired) electrons. The number of anilines is 1. The molecule has 0 spiro atoms. The van der Waals surface area contributed by atoms with Crippen LogP contribution >= 0.6 is 0 Å². The number of fused-ring (bicyclic) bond motifs is 1. The lowest BCUT2D eigenvalue weighted by Gasteiger charge is -2.18. The van der Waals surface area contributed by atoms with Crippen molar-refractivity contribution in [3.63, 3.8) is 0 Å². The van der Waals surface area contributed by atoms with Crippen molar-refractivity contribution in [2.24, 2.45) is 0 Å².